The quantitative estimate of drug-likeness (QED) is 0.294. The summed E-state index contributed by atoms with van der Waals surface area (Å²) in [5, 5.41) is 9.80. The molecule has 7 heteroatoms. The van der Waals surface area contributed by atoms with Gasteiger partial charge in [0, 0.05) is 36.5 Å². The predicted molar refractivity (Wildman–Crippen MR) is 158 cm³/mol. The van der Waals surface area contributed by atoms with Crippen molar-refractivity contribution in [3.05, 3.63) is 99.5 Å². The number of nitrogens with two attached hydrogens (primary N) is 1. The van der Waals surface area contributed by atoms with Crippen molar-refractivity contribution >= 4 is 11.8 Å². The lowest BCUT2D eigenvalue weighted by Gasteiger charge is -2.30. The summed E-state index contributed by atoms with van der Waals surface area (Å²) in [6.45, 7) is 6.59. The lowest BCUT2D eigenvalue weighted by atomic mass is 9.86. The molecule has 41 heavy (non-hydrogen) atoms. The molecule has 3 heterocycles. The minimum absolute atomic E-state index is 0.148. The van der Waals surface area contributed by atoms with Gasteiger partial charge in [0.15, 0.2) is 0 Å². The number of rotatable bonds is 6. The van der Waals surface area contributed by atoms with Crippen LogP contribution in [0.25, 0.3) is 22.3 Å². The Kier molecular flexibility index (Phi) is 7.22. The molecule has 3 aromatic carbocycles. The number of aromatic nitrogens is 1. The highest BCUT2D eigenvalue weighted by molar-refractivity contribution is 5.94. The van der Waals surface area contributed by atoms with Crippen molar-refractivity contribution in [2.45, 2.75) is 52.6 Å². The highest BCUT2D eigenvalue weighted by atomic mass is 19.1. The first kappa shape index (κ1) is 27.0. The van der Waals surface area contributed by atoms with E-state index >= 15 is 0 Å². The molecule has 2 aliphatic rings. The maximum Gasteiger partial charge on any atom is 0.307 e. The Morgan fingerprint density at radius 2 is 1.78 bits per heavy atom. The summed E-state index contributed by atoms with van der Waals surface area (Å²) in [6, 6.07) is 17.6. The van der Waals surface area contributed by atoms with E-state index in [-0.39, 0.29) is 12.2 Å². The number of ether oxygens (including phenoxy) is 1. The van der Waals surface area contributed by atoms with Gasteiger partial charge in [0.05, 0.1) is 13.0 Å². The number of anilines is 1. The predicted octanol–water partition coefficient (Wildman–Crippen LogP) is 6.26. The molecule has 1 aromatic heterocycles. The molecule has 0 radical (unpaired) electrons. The molecule has 6 rings (SSSR count). The normalized spacial score (nSPS) is 14.7. The fourth-order valence-corrected chi connectivity index (χ4v) is 6.25. The van der Waals surface area contributed by atoms with Crippen molar-refractivity contribution in [1.29, 1.82) is 0 Å². The lowest BCUT2D eigenvalue weighted by molar-refractivity contribution is -0.136. The van der Waals surface area contributed by atoms with E-state index in [4.69, 9.17) is 10.5 Å². The zero-order chi connectivity index (χ0) is 28.7. The van der Waals surface area contributed by atoms with Crippen LogP contribution in [0.5, 0.6) is 5.75 Å². The van der Waals surface area contributed by atoms with Crippen LogP contribution in [0.15, 0.2) is 54.6 Å². The number of aliphatic carboxylic acids is 1. The van der Waals surface area contributed by atoms with Crippen LogP contribution in [0.3, 0.4) is 0 Å². The van der Waals surface area contributed by atoms with Crippen LogP contribution < -0.4 is 10.5 Å². The molecule has 210 valence electrons. The van der Waals surface area contributed by atoms with Gasteiger partial charge in [0.2, 0.25) is 0 Å². The molecule has 0 bridgehead atoms. The van der Waals surface area contributed by atoms with Gasteiger partial charge in [0.25, 0.3) is 0 Å². The number of pyridine rings is 1. The van der Waals surface area contributed by atoms with Crippen LogP contribution in [-0.4, -0.2) is 34.1 Å². The Balaban J connectivity index is 1.40. The summed E-state index contributed by atoms with van der Waals surface area (Å²) >= 11 is 0. The number of hydrogen-bond acceptors (Lipinski definition) is 5. The van der Waals surface area contributed by atoms with Crippen molar-refractivity contribution < 1.29 is 19.0 Å². The highest BCUT2D eigenvalue weighted by Crippen LogP contribution is 2.42. The zero-order valence-electron chi connectivity index (χ0n) is 23.5. The van der Waals surface area contributed by atoms with Gasteiger partial charge in [-0.05, 0) is 95.8 Å². The molecule has 0 saturated carbocycles. The Bertz CT molecular complexity index is 1650. The van der Waals surface area contributed by atoms with Gasteiger partial charge in [0.1, 0.15) is 17.4 Å². The van der Waals surface area contributed by atoms with E-state index in [1.807, 2.05) is 32.0 Å². The first-order valence-electron chi connectivity index (χ1n) is 14.1. The third-order valence-electron chi connectivity index (χ3n) is 8.38. The smallest absolute Gasteiger partial charge is 0.307 e. The Morgan fingerprint density at radius 1 is 1.00 bits per heavy atom. The highest BCUT2D eigenvalue weighted by Gasteiger charge is 2.25. The fraction of sp³-hybridized carbons (Fsp3) is 0.294. The molecular formula is C34H34FN3O3. The van der Waals surface area contributed by atoms with E-state index in [2.05, 4.69) is 34.1 Å². The molecule has 6 nitrogen and oxygen atoms in total. The van der Waals surface area contributed by atoms with Crippen molar-refractivity contribution in [1.82, 2.24) is 9.88 Å². The van der Waals surface area contributed by atoms with E-state index in [0.29, 0.717) is 30.2 Å². The summed E-state index contributed by atoms with van der Waals surface area (Å²) in [6.07, 6.45) is 2.53. The summed E-state index contributed by atoms with van der Waals surface area (Å²) in [5.74, 6) is 0.188. The number of halogens is 1. The molecule has 0 amide bonds. The average molecular weight is 552 g/mol. The number of nitrogens with zero attached hydrogens (tertiary/aromatic N) is 2. The van der Waals surface area contributed by atoms with Gasteiger partial charge >= 0.3 is 5.97 Å². The largest absolute Gasteiger partial charge is 0.493 e. The average Bonchev–Trinajstić information content (AvgIpc) is 2.95. The number of carboxylic acid groups (broad SMARTS) is 1. The molecule has 4 aromatic rings. The van der Waals surface area contributed by atoms with E-state index in [0.717, 1.165) is 77.0 Å². The Hall–Kier alpha value is -4.23. The zero-order valence-corrected chi connectivity index (χ0v) is 23.5. The second-order valence-corrected chi connectivity index (χ2v) is 11.1. The molecule has 0 saturated heterocycles. The topological polar surface area (TPSA) is 88.7 Å². The molecule has 0 fully saturated rings. The van der Waals surface area contributed by atoms with E-state index in [1.165, 1.54) is 17.2 Å². The molecule has 0 spiro atoms. The van der Waals surface area contributed by atoms with Gasteiger partial charge in [-0.1, -0.05) is 36.4 Å². The van der Waals surface area contributed by atoms with Gasteiger partial charge in [-0.25, -0.2) is 9.37 Å². The number of nitrogen functional groups attached to an aromatic ring is 1. The van der Waals surface area contributed by atoms with Crippen molar-refractivity contribution in [3.63, 3.8) is 0 Å². The standard InChI is InChI=1S/C34H34FN3O3/c1-20-5-3-7-29(35)28(20)19-38-13-12-22-15-25(8-9-26(22)18-38)33-32(27(17-31(39)40)21(2)37-34(33)36)24-10-11-30-23(16-24)6-4-14-41-30/h3,5,7-11,15-16H,4,6,12-14,17-19H2,1-2H3,(H2,36,37)(H,39,40). The lowest BCUT2D eigenvalue weighted by Crippen LogP contribution is -2.30. The summed E-state index contributed by atoms with van der Waals surface area (Å²) in [4.78, 5) is 18.8. The number of aryl methyl sites for hydroxylation is 3. The van der Waals surface area contributed by atoms with Gasteiger partial charge in [-0.15, -0.1) is 0 Å². The second-order valence-electron chi connectivity index (χ2n) is 11.1. The van der Waals surface area contributed by atoms with Crippen LogP contribution in [0.2, 0.25) is 0 Å². The minimum atomic E-state index is -0.913. The number of carboxylic acids is 1. The molecule has 3 N–H and O–H groups in total. The first-order valence-corrected chi connectivity index (χ1v) is 14.1. The van der Waals surface area contributed by atoms with Gasteiger partial charge in [-0.3, -0.25) is 9.69 Å². The van der Waals surface area contributed by atoms with Gasteiger partial charge < -0.3 is 15.6 Å². The molecule has 2 aliphatic heterocycles. The van der Waals surface area contributed by atoms with Crippen LogP contribution in [0, 0.1) is 19.7 Å². The number of benzene rings is 3. The van der Waals surface area contributed by atoms with Crippen molar-refractivity contribution in [3.8, 4) is 28.0 Å². The van der Waals surface area contributed by atoms with Crippen molar-refractivity contribution in [2.75, 3.05) is 18.9 Å². The molecule has 0 atom stereocenters. The van der Waals surface area contributed by atoms with Gasteiger partial charge in [-0.2, -0.15) is 0 Å². The fourth-order valence-electron chi connectivity index (χ4n) is 6.25. The molecule has 0 unspecified atom stereocenters. The van der Waals surface area contributed by atoms with Crippen LogP contribution >= 0.6 is 0 Å². The van der Waals surface area contributed by atoms with E-state index < -0.39 is 5.97 Å². The molecular weight excluding hydrogens is 517 g/mol. The third kappa shape index (κ3) is 5.30. The Morgan fingerprint density at radius 3 is 2.59 bits per heavy atom. The Labute approximate surface area is 239 Å². The number of hydrogen-bond donors (Lipinski definition) is 2. The maximum atomic E-state index is 14.5. The number of carbonyl (C=O) groups is 1. The summed E-state index contributed by atoms with van der Waals surface area (Å²) in [7, 11) is 0. The monoisotopic (exact) mass is 551 g/mol. The SMILES string of the molecule is Cc1cccc(F)c1CN1CCc2cc(-c3c(N)nc(C)c(CC(=O)O)c3-c3ccc4c(c3)CCCO4)ccc2C1. The van der Waals surface area contributed by atoms with E-state index in [9.17, 15) is 14.3 Å². The summed E-state index contributed by atoms with van der Waals surface area (Å²) < 4.78 is 20.3. The van der Waals surface area contributed by atoms with Crippen LogP contribution in [-0.2, 0) is 37.1 Å². The summed E-state index contributed by atoms with van der Waals surface area (Å²) in [5.41, 5.74) is 16.6. The number of fused-ring (bicyclic) bond motifs is 2. The van der Waals surface area contributed by atoms with Crippen molar-refractivity contribution in [2.24, 2.45) is 0 Å². The van der Waals surface area contributed by atoms with E-state index in [1.54, 1.807) is 6.07 Å². The second kappa shape index (κ2) is 11.0. The van der Waals surface area contributed by atoms with Crippen LogP contribution in [0.4, 0.5) is 10.2 Å². The molecule has 0 aliphatic carbocycles. The van der Waals surface area contributed by atoms with Crippen LogP contribution in [0.1, 0.15) is 45.5 Å². The minimum Gasteiger partial charge on any atom is -0.493 e. The maximum absolute atomic E-state index is 14.5. The third-order valence-corrected chi connectivity index (χ3v) is 8.38. The first-order chi connectivity index (χ1) is 19.8.